The van der Waals surface area contributed by atoms with E-state index in [-0.39, 0.29) is 5.92 Å². The molecule has 21 heavy (non-hydrogen) atoms. The third kappa shape index (κ3) is 4.15. The number of thiophene rings is 1. The largest absolute Gasteiger partial charge is 0.214 e. The summed E-state index contributed by atoms with van der Waals surface area (Å²) in [6.07, 6.45) is 0. The molecular formula is C16H21NO2S2. The van der Waals surface area contributed by atoms with E-state index in [9.17, 15) is 8.42 Å². The smallest absolute Gasteiger partial charge is 0.213 e. The molecule has 0 radical (unpaired) electrons. The molecule has 5 heteroatoms. The fraction of sp³-hybridized carbons (Fsp3) is 0.375. The zero-order chi connectivity index (χ0) is 15.5. The molecule has 0 aliphatic carbocycles. The van der Waals surface area contributed by atoms with Gasteiger partial charge in [0.2, 0.25) is 10.0 Å². The number of hydrogen-bond acceptors (Lipinski definition) is 3. The number of nitrogens with one attached hydrogen (secondary N) is 1. The van der Waals surface area contributed by atoms with E-state index >= 15 is 0 Å². The van der Waals surface area contributed by atoms with Crippen LogP contribution in [0.4, 0.5) is 0 Å². The molecule has 0 unspecified atom stereocenters. The summed E-state index contributed by atoms with van der Waals surface area (Å²) in [6.45, 7) is 5.83. The fourth-order valence-corrected chi connectivity index (χ4v) is 3.44. The van der Waals surface area contributed by atoms with Crippen molar-refractivity contribution in [3.63, 3.8) is 0 Å². The normalized spacial score (nSPS) is 13.5. The first-order chi connectivity index (χ1) is 9.90. The zero-order valence-electron chi connectivity index (χ0n) is 12.5. The summed E-state index contributed by atoms with van der Waals surface area (Å²) in [6, 6.07) is 10.4. The Hall–Kier alpha value is -1.17. The van der Waals surface area contributed by atoms with Gasteiger partial charge in [-0.05, 0) is 53.3 Å². The van der Waals surface area contributed by atoms with Gasteiger partial charge in [-0.25, -0.2) is 13.1 Å². The van der Waals surface area contributed by atoms with Gasteiger partial charge in [0.15, 0.2) is 0 Å². The van der Waals surface area contributed by atoms with Gasteiger partial charge in [0, 0.05) is 6.54 Å². The predicted octanol–water partition coefficient (Wildman–Crippen LogP) is 3.85. The molecule has 0 aliphatic rings. The van der Waals surface area contributed by atoms with Gasteiger partial charge in [0.1, 0.15) is 0 Å². The summed E-state index contributed by atoms with van der Waals surface area (Å²) < 4.78 is 26.2. The standard InChI is InChI=1S/C16H21NO2S2/c1-12(2)21(18,19)17-10-13(3)14-4-6-15(7-5-14)16-8-9-20-11-16/h4-9,11-13,17H,10H2,1-3H3/t13-/m1/s1. The molecule has 1 N–H and O–H groups in total. The molecular weight excluding hydrogens is 302 g/mol. The summed E-state index contributed by atoms with van der Waals surface area (Å²) in [7, 11) is -3.19. The van der Waals surface area contributed by atoms with E-state index in [2.05, 4.69) is 45.8 Å². The lowest BCUT2D eigenvalue weighted by Crippen LogP contribution is -2.33. The van der Waals surface area contributed by atoms with Crippen LogP contribution in [0.5, 0.6) is 0 Å². The maximum absolute atomic E-state index is 11.8. The summed E-state index contributed by atoms with van der Waals surface area (Å²) >= 11 is 1.68. The van der Waals surface area contributed by atoms with Crippen molar-refractivity contribution in [3.8, 4) is 11.1 Å². The van der Waals surface area contributed by atoms with Gasteiger partial charge in [-0.1, -0.05) is 31.2 Å². The van der Waals surface area contributed by atoms with Gasteiger partial charge in [0.25, 0.3) is 0 Å². The first-order valence-corrected chi connectivity index (χ1v) is 9.50. The molecule has 2 aromatic rings. The summed E-state index contributed by atoms with van der Waals surface area (Å²) in [5.41, 5.74) is 3.55. The Morgan fingerprint density at radius 2 is 1.71 bits per heavy atom. The lowest BCUT2D eigenvalue weighted by atomic mass is 9.99. The second-order valence-corrected chi connectivity index (χ2v) is 8.58. The lowest BCUT2D eigenvalue weighted by molar-refractivity contribution is 0.566. The van der Waals surface area contributed by atoms with Crippen molar-refractivity contribution in [2.75, 3.05) is 6.54 Å². The third-order valence-electron chi connectivity index (χ3n) is 3.55. The molecule has 0 fully saturated rings. The maximum atomic E-state index is 11.8. The van der Waals surface area contributed by atoms with Crippen LogP contribution in [-0.4, -0.2) is 20.2 Å². The number of benzene rings is 1. The maximum Gasteiger partial charge on any atom is 0.213 e. The highest BCUT2D eigenvalue weighted by molar-refractivity contribution is 7.90. The Balaban J connectivity index is 2.02. The van der Waals surface area contributed by atoms with E-state index in [1.54, 1.807) is 25.2 Å². The Morgan fingerprint density at radius 1 is 1.05 bits per heavy atom. The zero-order valence-corrected chi connectivity index (χ0v) is 14.2. The van der Waals surface area contributed by atoms with Crippen molar-refractivity contribution in [2.45, 2.75) is 31.9 Å². The van der Waals surface area contributed by atoms with E-state index < -0.39 is 15.3 Å². The number of sulfonamides is 1. The highest BCUT2D eigenvalue weighted by atomic mass is 32.2. The van der Waals surface area contributed by atoms with Gasteiger partial charge in [-0.3, -0.25) is 0 Å². The van der Waals surface area contributed by atoms with Crippen molar-refractivity contribution in [2.24, 2.45) is 0 Å². The molecule has 1 heterocycles. The molecule has 1 aromatic heterocycles. The Kier molecular flexibility index (Phi) is 5.19. The minimum atomic E-state index is -3.19. The van der Waals surface area contributed by atoms with E-state index in [0.717, 1.165) is 5.56 Å². The van der Waals surface area contributed by atoms with Crippen molar-refractivity contribution >= 4 is 21.4 Å². The molecule has 3 nitrogen and oxygen atoms in total. The van der Waals surface area contributed by atoms with Crippen LogP contribution in [0.2, 0.25) is 0 Å². The molecule has 0 bridgehead atoms. The van der Waals surface area contributed by atoms with Crippen LogP contribution in [0, 0.1) is 0 Å². The Bertz CT molecular complexity index is 659. The van der Waals surface area contributed by atoms with Crippen LogP contribution in [0.3, 0.4) is 0 Å². The van der Waals surface area contributed by atoms with Crippen molar-refractivity contribution in [1.29, 1.82) is 0 Å². The first-order valence-electron chi connectivity index (χ1n) is 7.01. The molecule has 1 atom stereocenters. The quantitative estimate of drug-likeness (QED) is 0.878. The average Bonchev–Trinajstić information content (AvgIpc) is 2.99. The van der Waals surface area contributed by atoms with Crippen molar-refractivity contribution in [1.82, 2.24) is 4.72 Å². The second-order valence-electron chi connectivity index (χ2n) is 5.48. The Labute approximate surface area is 131 Å². The fourth-order valence-electron chi connectivity index (χ4n) is 1.96. The van der Waals surface area contributed by atoms with Gasteiger partial charge in [-0.15, -0.1) is 0 Å². The lowest BCUT2D eigenvalue weighted by Gasteiger charge is -2.15. The van der Waals surface area contributed by atoms with Crippen LogP contribution in [0.25, 0.3) is 11.1 Å². The van der Waals surface area contributed by atoms with Gasteiger partial charge in [0.05, 0.1) is 5.25 Å². The monoisotopic (exact) mass is 323 g/mol. The summed E-state index contributed by atoms with van der Waals surface area (Å²) in [5, 5.41) is 3.78. The molecule has 2 rings (SSSR count). The van der Waals surface area contributed by atoms with Crippen LogP contribution in [-0.2, 0) is 10.0 Å². The molecule has 0 aliphatic heterocycles. The van der Waals surface area contributed by atoms with Crippen LogP contribution in [0.15, 0.2) is 41.1 Å². The molecule has 1 aromatic carbocycles. The second kappa shape index (κ2) is 6.73. The van der Waals surface area contributed by atoms with Crippen molar-refractivity contribution < 1.29 is 8.42 Å². The summed E-state index contributed by atoms with van der Waals surface area (Å²) in [4.78, 5) is 0. The average molecular weight is 323 g/mol. The minimum Gasteiger partial charge on any atom is -0.214 e. The van der Waals surface area contributed by atoms with Crippen LogP contribution >= 0.6 is 11.3 Å². The Morgan fingerprint density at radius 3 is 2.24 bits per heavy atom. The molecule has 0 saturated heterocycles. The van der Waals surface area contributed by atoms with Gasteiger partial charge >= 0.3 is 0 Å². The number of hydrogen-bond donors (Lipinski definition) is 1. The van der Waals surface area contributed by atoms with Crippen molar-refractivity contribution in [3.05, 3.63) is 46.7 Å². The summed E-state index contributed by atoms with van der Waals surface area (Å²) in [5.74, 6) is 0.148. The highest BCUT2D eigenvalue weighted by Crippen LogP contribution is 2.24. The number of rotatable bonds is 6. The topological polar surface area (TPSA) is 46.2 Å². The predicted molar refractivity (Wildman–Crippen MR) is 90.2 cm³/mol. The van der Waals surface area contributed by atoms with Crippen LogP contribution in [0.1, 0.15) is 32.3 Å². The molecule has 0 spiro atoms. The molecule has 0 saturated carbocycles. The highest BCUT2D eigenvalue weighted by Gasteiger charge is 2.16. The van der Waals surface area contributed by atoms with E-state index in [1.807, 2.05) is 6.92 Å². The SMILES string of the molecule is CC(C)S(=O)(=O)NC[C@@H](C)c1ccc(-c2ccsc2)cc1. The van der Waals surface area contributed by atoms with E-state index in [4.69, 9.17) is 0 Å². The van der Waals surface area contributed by atoms with Gasteiger partial charge in [-0.2, -0.15) is 11.3 Å². The van der Waals surface area contributed by atoms with E-state index in [0.29, 0.717) is 6.54 Å². The molecule has 114 valence electrons. The minimum absolute atomic E-state index is 0.148. The van der Waals surface area contributed by atoms with E-state index in [1.165, 1.54) is 11.1 Å². The first kappa shape index (κ1) is 16.2. The van der Waals surface area contributed by atoms with Crippen LogP contribution < -0.4 is 4.72 Å². The molecule has 0 amide bonds. The van der Waals surface area contributed by atoms with Gasteiger partial charge < -0.3 is 0 Å². The third-order valence-corrected chi connectivity index (χ3v) is 6.04.